The second-order valence-electron chi connectivity index (χ2n) is 2.54. The summed E-state index contributed by atoms with van der Waals surface area (Å²) in [6, 6.07) is 3.59. The Morgan fingerprint density at radius 1 is 1.12 bits per heavy atom. The quantitative estimate of drug-likeness (QED) is 0.626. The number of hydrogen-bond acceptors (Lipinski definition) is 5. The van der Waals surface area contributed by atoms with Gasteiger partial charge >= 0.3 is 11.4 Å². The summed E-state index contributed by atoms with van der Waals surface area (Å²) in [4.78, 5) is 19.3. The number of nitrogens with zero attached hydrogens (tertiary/aromatic N) is 2. The second-order valence-corrected chi connectivity index (χ2v) is 2.54. The summed E-state index contributed by atoms with van der Waals surface area (Å²) in [5.74, 6) is 0. The van der Waals surface area contributed by atoms with Crippen molar-refractivity contribution in [3.05, 3.63) is 44.0 Å². The third kappa shape index (κ3) is 3.28. The van der Waals surface area contributed by atoms with Crippen molar-refractivity contribution in [3.63, 3.8) is 0 Å². The van der Waals surface area contributed by atoms with Crippen molar-refractivity contribution in [2.75, 3.05) is 0 Å². The summed E-state index contributed by atoms with van der Waals surface area (Å²) >= 11 is 0. The smallest absolute Gasteiger partial charge is 0.326 e. The van der Waals surface area contributed by atoms with Crippen molar-refractivity contribution in [2.24, 2.45) is 5.73 Å². The molecule has 0 aliphatic carbocycles. The Bertz CT molecular complexity index is 392. The van der Waals surface area contributed by atoms with Crippen LogP contribution in [-0.4, -0.2) is 9.85 Å². The fourth-order valence-corrected chi connectivity index (χ4v) is 0.997. The molecule has 2 N–H and O–H groups in total. The van der Waals surface area contributed by atoms with Gasteiger partial charge in [0.05, 0.1) is 9.85 Å². The van der Waals surface area contributed by atoms with E-state index in [9.17, 15) is 20.2 Å². The molecule has 7 heteroatoms. The summed E-state index contributed by atoms with van der Waals surface area (Å²) in [6.07, 6.45) is 0. The molecule has 0 atom stereocenters. The Labute approximate surface area is 92.2 Å². The van der Waals surface area contributed by atoms with Crippen molar-refractivity contribution in [3.8, 4) is 0 Å². The number of nitro benzene ring substituents is 2. The number of nitrogens with two attached hydrogens (primary N) is 1. The lowest BCUT2D eigenvalue weighted by atomic mass is 10.2. The van der Waals surface area contributed by atoms with Gasteiger partial charge in [0.15, 0.2) is 0 Å². The summed E-state index contributed by atoms with van der Waals surface area (Å²) in [5.41, 5.74) is 4.69. The lowest BCUT2D eigenvalue weighted by Crippen LogP contribution is -2.00. The molecule has 88 valence electrons. The lowest BCUT2D eigenvalue weighted by Gasteiger charge is -1.97. The highest BCUT2D eigenvalue weighted by Crippen LogP contribution is 2.27. The summed E-state index contributed by atoms with van der Waals surface area (Å²) < 4.78 is 0. The van der Waals surface area contributed by atoms with Crippen LogP contribution in [-0.2, 0) is 6.54 Å². The minimum absolute atomic E-state index is 0.110. The van der Waals surface area contributed by atoms with Crippen molar-refractivity contribution < 1.29 is 9.85 Å². The fraction of sp³-hybridized carbons (Fsp3) is 0.333. The van der Waals surface area contributed by atoms with Crippen LogP contribution in [0.4, 0.5) is 11.4 Å². The Morgan fingerprint density at radius 2 is 1.62 bits per heavy atom. The number of benzene rings is 1. The van der Waals surface area contributed by atoms with Gasteiger partial charge in [0.25, 0.3) is 0 Å². The second kappa shape index (κ2) is 6.46. The van der Waals surface area contributed by atoms with Crippen LogP contribution in [0.5, 0.6) is 0 Å². The van der Waals surface area contributed by atoms with Crippen LogP contribution in [0, 0.1) is 20.2 Å². The van der Waals surface area contributed by atoms with E-state index in [4.69, 9.17) is 5.73 Å². The molecule has 1 rings (SSSR count). The van der Waals surface area contributed by atoms with E-state index in [-0.39, 0.29) is 6.54 Å². The molecule has 0 radical (unpaired) electrons. The number of rotatable bonds is 3. The van der Waals surface area contributed by atoms with Gasteiger partial charge in [-0.1, -0.05) is 19.9 Å². The average Bonchev–Trinajstić information content (AvgIpc) is 2.30. The van der Waals surface area contributed by atoms with Crippen molar-refractivity contribution >= 4 is 11.4 Å². The molecule has 0 unspecified atom stereocenters. The van der Waals surface area contributed by atoms with Gasteiger partial charge in [-0.25, -0.2) is 0 Å². The molecular weight excluding hydrogens is 214 g/mol. The third-order valence-electron chi connectivity index (χ3n) is 1.67. The summed E-state index contributed by atoms with van der Waals surface area (Å²) in [6.45, 7) is 4.11. The van der Waals surface area contributed by atoms with Gasteiger partial charge in [0, 0.05) is 18.7 Å². The molecule has 1 aromatic rings. The highest BCUT2D eigenvalue weighted by atomic mass is 16.6. The Morgan fingerprint density at radius 3 is 2.00 bits per heavy atom. The molecule has 0 spiro atoms. The predicted molar refractivity (Wildman–Crippen MR) is 59.0 cm³/mol. The Kier molecular flexibility index (Phi) is 5.65. The number of hydrogen-bond donors (Lipinski definition) is 1. The SMILES string of the molecule is CC.NCc1ccc([N+](=O)[O-])c([N+](=O)[O-])c1. The zero-order valence-electron chi connectivity index (χ0n) is 9.04. The van der Waals surface area contributed by atoms with E-state index in [0.717, 1.165) is 12.1 Å². The van der Waals surface area contributed by atoms with Crippen LogP contribution < -0.4 is 5.73 Å². The van der Waals surface area contributed by atoms with Gasteiger partial charge in [0.2, 0.25) is 0 Å². The molecule has 1 aromatic carbocycles. The van der Waals surface area contributed by atoms with Crippen LogP contribution in [0.2, 0.25) is 0 Å². The zero-order chi connectivity index (χ0) is 12.7. The Hall–Kier alpha value is -2.02. The lowest BCUT2D eigenvalue weighted by molar-refractivity contribution is -0.422. The normalized spacial score (nSPS) is 8.94. The van der Waals surface area contributed by atoms with Gasteiger partial charge in [-0.3, -0.25) is 20.2 Å². The van der Waals surface area contributed by atoms with Crippen LogP contribution in [0.1, 0.15) is 19.4 Å². The van der Waals surface area contributed by atoms with E-state index in [1.54, 1.807) is 0 Å². The topological polar surface area (TPSA) is 112 Å². The maximum absolute atomic E-state index is 10.5. The van der Waals surface area contributed by atoms with Crippen molar-refractivity contribution in [2.45, 2.75) is 20.4 Å². The average molecular weight is 227 g/mol. The summed E-state index contributed by atoms with van der Waals surface area (Å²) in [5, 5.41) is 20.9. The first-order chi connectivity index (χ1) is 7.56. The molecule has 7 nitrogen and oxygen atoms in total. The molecule has 0 aliphatic heterocycles. The first-order valence-corrected chi connectivity index (χ1v) is 4.68. The van der Waals surface area contributed by atoms with Crippen LogP contribution in [0.3, 0.4) is 0 Å². The first-order valence-electron chi connectivity index (χ1n) is 4.68. The molecular formula is C9H13N3O4. The van der Waals surface area contributed by atoms with Gasteiger partial charge < -0.3 is 5.73 Å². The minimum Gasteiger partial charge on any atom is -0.326 e. The van der Waals surface area contributed by atoms with E-state index in [2.05, 4.69) is 0 Å². The van der Waals surface area contributed by atoms with Crippen molar-refractivity contribution in [1.29, 1.82) is 0 Å². The van der Waals surface area contributed by atoms with Gasteiger partial charge in [-0.15, -0.1) is 0 Å². The molecule has 0 bridgehead atoms. The standard InChI is InChI=1S/C7H7N3O4.C2H6/c8-4-5-1-2-6(9(11)12)7(3-5)10(13)14;1-2/h1-3H,4,8H2;1-2H3. The van der Waals surface area contributed by atoms with Crippen LogP contribution >= 0.6 is 0 Å². The highest BCUT2D eigenvalue weighted by Gasteiger charge is 2.23. The third-order valence-corrected chi connectivity index (χ3v) is 1.67. The molecule has 0 amide bonds. The van der Waals surface area contributed by atoms with E-state index in [1.807, 2.05) is 13.8 Å². The van der Waals surface area contributed by atoms with Crippen LogP contribution in [0.25, 0.3) is 0 Å². The molecule has 0 saturated heterocycles. The number of nitro groups is 2. The Balaban J connectivity index is 0.00000106. The molecule has 0 saturated carbocycles. The largest absolute Gasteiger partial charge is 0.346 e. The monoisotopic (exact) mass is 227 g/mol. The molecule has 0 aliphatic rings. The van der Waals surface area contributed by atoms with E-state index < -0.39 is 21.2 Å². The minimum atomic E-state index is -0.794. The van der Waals surface area contributed by atoms with Gasteiger partial charge in [0.1, 0.15) is 0 Å². The highest BCUT2D eigenvalue weighted by molar-refractivity contribution is 5.53. The molecule has 0 heterocycles. The maximum Gasteiger partial charge on any atom is 0.346 e. The molecule has 0 aromatic heterocycles. The zero-order valence-corrected chi connectivity index (χ0v) is 9.04. The van der Waals surface area contributed by atoms with E-state index in [1.165, 1.54) is 6.07 Å². The van der Waals surface area contributed by atoms with Gasteiger partial charge in [-0.05, 0) is 5.56 Å². The molecule has 16 heavy (non-hydrogen) atoms. The van der Waals surface area contributed by atoms with E-state index in [0.29, 0.717) is 5.56 Å². The van der Waals surface area contributed by atoms with Crippen LogP contribution in [0.15, 0.2) is 18.2 Å². The van der Waals surface area contributed by atoms with Crippen molar-refractivity contribution in [1.82, 2.24) is 0 Å². The first kappa shape index (κ1) is 14.0. The predicted octanol–water partition coefficient (Wildman–Crippen LogP) is 1.99. The molecule has 0 fully saturated rings. The fourth-order valence-electron chi connectivity index (χ4n) is 0.997. The van der Waals surface area contributed by atoms with Gasteiger partial charge in [-0.2, -0.15) is 0 Å². The summed E-state index contributed by atoms with van der Waals surface area (Å²) in [7, 11) is 0. The van der Waals surface area contributed by atoms with E-state index >= 15 is 0 Å². The maximum atomic E-state index is 10.5.